The number of nitrogens with one attached hydrogen (secondary N) is 1. The van der Waals surface area contributed by atoms with Gasteiger partial charge in [-0.05, 0) is 0 Å². The lowest BCUT2D eigenvalue weighted by Crippen LogP contribution is -2.40. The molecular weight excluding hydrogens is 272 g/mol. The lowest BCUT2D eigenvalue weighted by Gasteiger charge is -2.23. The lowest BCUT2D eigenvalue weighted by atomic mass is 10.4. The van der Waals surface area contributed by atoms with Gasteiger partial charge in [-0.3, -0.25) is 9.89 Å². The summed E-state index contributed by atoms with van der Waals surface area (Å²) in [5, 5.41) is 6.37. The van der Waals surface area contributed by atoms with Gasteiger partial charge in [-0.15, -0.1) is 0 Å². The minimum absolute atomic E-state index is 0.0196. The molecule has 1 aromatic rings. The minimum Gasteiger partial charge on any atom is -0.469 e. The zero-order valence-corrected chi connectivity index (χ0v) is 12.0. The van der Waals surface area contributed by atoms with Gasteiger partial charge in [0.1, 0.15) is 0 Å². The quantitative estimate of drug-likeness (QED) is 0.688. The summed E-state index contributed by atoms with van der Waals surface area (Å²) in [6.07, 6.45) is 3.20. The van der Waals surface area contributed by atoms with Crippen LogP contribution in [0.5, 0.6) is 0 Å². The van der Waals surface area contributed by atoms with Crippen LogP contribution in [0.1, 0.15) is 12.0 Å². The molecule has 0 aliphatic carbocycles. The number of hydrogen-bond acceptors (Lipinski definition) is 5. The van der Waals surface area contributed by atoms with Crippen molar-refractivity contribution < 1.29 is 17.9 Å². The number of ether oxygens (including phenoxy) is 1. The Morgan fingerprint density at radius 1 is 1.42 bits per heavy atom. The van der Waals surface area contributed by atoms with Crippen LogP contribution in [0.4, 0.5) is 0 Å². The molecule has 0 atom stereocenters. The molecule has 0 aromatic carbocycles. The van der Waals surface area contributed by atoms with Gasteiger partial charge in [0.15, 0.2) is 0 Å². The van der Waals surface area contributed by atoms with Crippen molar-refractivity contribution in [3.05, 3.63) is 18.0 Å². The predicted molar refractivity (Wildman–Crippen MR) is 68.2 cm³/mol. The Hall–Kier alpha value is -1.45. The highest BCUT2D eigenvalue weighted by Crippen LogP contribution is 2.09. The summed E-state index contributed by atoms with van der Waals surface area (Å²) in [7, 11) is 0.554. The second-order valence-corrected chi connectivity index (χ2v) is 6.16. The number of hydrogen-bond donors (Lipinski definition) is 1. The molecule has 108 valence electrons. The number of esters is 1. The second kappa shape index (κ2) is 6.64. The SMILES string of the molecule is COC(=O)CCN(C)S(=O)(=O)N(C)Cc1cn[nH]c1. The second-order valence-electron chi connectivity index (χ2n) is 4.02. The number of H-pyrrole nitrogens is 1. The zero-order valence-electron chi connectivity index (χ0n) is 11.2. The van der Waals surface area contributed by atoms with E-state index in [9.17, 15) is 13.2 Å². The first-order valence-electron chi connectivity index (χ1n) is 5.60. The van der Waals surface area contributed by atoms with Crippen LogP contribution in [0.15, 0.2) is 12.4 Å². The summed E-state index contributed by atoms with van der Waals surface area (Å²) in [5.74, 6) is -0.445. The number of rotatable bonds is 7. The van der Waals surface area contributed by atoms with Crippen molar-refractivity contribution in [2.75, 3.05) is 27.7 Å². The van der Waals surface area contributed by atoms with E-state index in [1.807, 2.05) is 0 Å². The number of nitrogens with zero attached hydrogens (tertiary/aromatic N) is 3. The average molecular weight is 290 g/mol. The smallest absolute Gasteiger partial charge is 0.306 e. The molecule has 0 aliphatic heterocycles. The van der Waals surface area contributed by atoms with Gasteiger partial charge in [0, 0.05) is 38.9 Å². The van der Waals surface area contributed by atoms with Crippen molar-refractivity contribution in [3.8, 4) is 0 Å². The molecule has 0 saturated carbocycles. The third kappa shape index (κ3) is 4.30. The van der Waals surface area contributed by atoms with Gasteiger partial charge >= 0.3 is 5.97 Å². The maximum Gasteiger partial charge on any atom is 0.306 e. The Morgan fingerprint density at radius 2 is 2.11 bits per heavy atom. The van der Waals surface area contributed by atoms with E-state index < -0.39 is 16.2 Å². The molecule has 0 fully saturated rings. The molecular formula is C10H18N4O4S. The maximum absolute atomic E-state index is 12.1. The van der Waals surface area contributed by atoms with Crippen molar-refractivity contribution in [1.82, 2.24) is 18.8 Å². The van der Waals surface area contributed by atoms with E-state index in [1.165, 1.54) is 25.5 Å². The number of carbonyl (C=O) groups excluding carboxylic acids is 1. The summed E-state index contributed by atoms with van der Waals surface area (Å²) in [4.78, 5) is 11.0. The summed E-state index contributed by atoms with van der Waals surface area (Å²) in [5.41, 5.74) is 0.757. The molecule has 0 unspecified atom stereocenters. The Labute approximate surface area is 112 Å². The summed E-state index contributed by atoms with van der Waals surface area (Å²) in [6, 6.07) is 0. The van der Waals surface area contributed by atoms with Crippen LogP contribution in [0.2, 0.25) is 0 Å². The molecule has 0 saturated heterocycles. The molecule has 0 bridgehead atoms. The number of carbonyl (C=O) groups is 1. The van der Waals surface area contributed by atoms with Gasteiger partial charge in [0.25, 0.3) is 10.2 Å². The van der Waals surface area contributed by atoms with Crippen molar-refractivity contribution in [3.63, 3.8) is 0 Å². The number of aromatic nitrogens is 2. The lowest BCUT2D eigenvalue weighted by molar-refractivity contribution is -0.140. The molecule has 0 aliphatic rings. The molecule has 1 N–H and O–H groups in total. The van der Waals surface area contributed by atoms with Gasteiger partial charge in [-0.1, -0.05) is 0 Å². The Bertz CT molecular complexity index is 500. The van der Waals surface area contributed by atoms with Crippen molar-refractivity contribution in [2.24, 2.45) is 0 Å². The van der Waals surface area contributed by atoms with E-state index >= 15 is 0 Å². The summed E-state index contributed by atoms with van der Waals surface area (Å²) < 4.78 is 31.0. The average Bonchev–Trinajstić information content (AvgIpc) is 2.87. The first-order chi connectivity index (χ1) is 8.87. The number of aromatic amines is 1. The largest absolute Gasteiger partial charge is 0.469 e. The predicted octanol–water partition coefficient (Wildman–Crippen LogP) is -0.419. The fourth-order valence-electron chi connectivity index (χ4n) is 1.41. The van der Waals surface area contributed by atoms with Gasteiger partial charge in [0.05, 0.1) is 19.7 Å². The fourth-order valence-corrected chi connectivity index (χ4v) is 2.52. The molecule has 19 heavy (non-hydrogen) atoms. The molecule has 9 heteroatoms. The molecule has 0 amide bonds. The first-order valence-corrected chi connectivity index (χ1v) is 6.99. The van der Waals surface area contributed by atoms with Crippen LogP contribution in [-0.2, 0) is 26.3 Å². The molecule has 0 spiro atoms. The minimum atomic E-state index is -3.60. The Kier molecular flexibility index (Phi) is 5.45. The van der Waals surface area contributed by atoms with E-state index in [2.05, 4.69) is 14.9 Å². The van der Waals surface area contributed by atoms with Crippen molar-refractivity contribution in [1.29, 1.82) is 0 Å². The third-order valence-corrected chi connectivity index (χ3v) is 4.49. The maximum atomic E-state index is 12.1. The van der Waals surface area contributed by atoms with Crippen LogP contribution >= 0.6 is 0 Å². The molecule has 1 heterocycles. The number of methoxy groups -OCH3 is 1. The van der Waals surface area contributed by atoms with Crippen LogP contribution in [-0.4, -0.2) is 60.9 Å². The highest BCUT2D eigenvalue weighted by atomic mass is 32.2. The van der Waals surface area contributed by atoms with Crippen LogP contribution in [0.25, 0.3) is 0 Å². The van der Waals surface area contributed by atoms with E-state index in [0.717, 1.165) is 9.87 Å². The van der Waals surface area contributed by atoms with Crippen LogP contribution in [0, 0.1) is 0 Å². The highest BCUT2D eigenvalue weighted by Gasteiger charge is 2.24. The van der Waals surface area contributed by atoms with Crippen LogP contribution in [0.3, 0.4) is 0 Å². The molecule has 1 aromatic heterocycles. The van der Waals surface area contributed by atoms with E-state index in [0.29, 0.717) is 0 Å². The van der Waals surface area contributed by atoms with Crippen molar-refractivity contribution >= 4 is 16.2 Å². The Balaban J connectivity index is 2.60. The monoisotopic (exact) mass is 290 g/mol. The topological polar surface area (TPSA) is 95.6 Å². The van der Waals surface area contributed by atoms with E-state index in [4.69, 9.17) is 0 Å². The highest BCUT2D eigenvalue weighted by molar-refractivity contribution is 7.86. The van der Waals surface area contributed by atoms with Gasteiger partial charge in [0.2, 0.25) is 0 Å². The Morgan fingerprint density at radius 3 is 2.63 bits per heavy atom. The van der Waals surface area contributed by atoms with Crippen LogP contribution < -0.4 is 0 Å². The van der Waals surface area contributed by atoms with E-state index in [-0.39, 0.29) is 19.5 Å². The van der Waals surface area contributed by atoms with E-state index in [1.54, 1.807) is 12.4 Å². The fraction of sp³-hybridized carbons (Fsp3) is 0.600. The normalized spacial score (nSPS) is 12.1. The first kappa shape index (κ1) is 15.6. The molecule has 8 nitrogen and oxygen atoms in total. The molecule has 0 radical (unpaired) electrons. The van der Waals surface area contributed by atoms with Crippen molar-refractivity contribution in [2.45, 2.75) is 13.0 Å². The summed E-state index contributed by atoms with van der Waals surface area (Å²) in [6.45, 7) is 0.284. The summed E-state index contributed by atoms with van der Waals surface area (Å²) >= 11 is 0. The molecule has 1 rings (SSSR count). The van der Waals surface area contributed by atoms with Gasteiger partial charge in [-0.25, -0.2) is 0 Å². The zero-order chi connectivity index (χ0) is 14.5. The third-order valence-electron chi connectivity index (χ3n) is 2.61. The van der Waals surface area contributed by atoms with Gasteiger partial charge < -0.3 is 4.74 Å². The van der Waals surface area contributed by atoms with Gasteiger partial charge in [-0.2, -0.15) is 22.1 Å². The standard InChI is InChI=1S/C10H18N4O4S/c1-13(5-4-10(15)18-3)19(16,17)14(2)8-9-6-11-12-7-9/h6-7H,4-5,8H2,1-3H3,(H,11,12).